The number of benzene rings is 1. The molecule has 0 saturated heterocycles. The molecule has 0 aliphatic rings. The van der Waals surface area contributed by atoms with Gasteiger partial charge in [0.1, 0.15) is 5.75 Å². The molecule has 0 amide bonds. The summed E-state index contributed by atoms with van der Waals surface area (Å²) in [6, 6.07) is 6.09. The smallest absolute Gasteiger partial charge is 0.123 e. The molecule has 0 heterocycles. The SMILES string of the molecule is CCNCc1cc(Br)ccc1OCCCOCCOC. The number of rotatable bonds is 11. The van der Waals surface area contributed by atoms with Crippen molar-refractivity contribution < 1.29 is 14.2 Å². The van der Waals surface area contributed by atoms with E-state index in [1.165, 1.54) is 5.56 Å². The van der Waals surface area contributed by atoms with Crippen molar-refractivity contribution >= 4 is 15.9 Å². The van der Waals surface area contributed by atoms with Gasteiger partial charge in [-0.1, -0.05) is 22.9 Å². The first kappa shape index (κ1) is 17.4. The van der Waals surface area contributed by atoms with Gasteiger partial charge in [-0.3, -0.25) is 0 Å². The summed E-state index contributed by atoms with van der Waals surface area (Å²) >= 11 is 3.49. The third kappa shape index (κ3) is 7.24. The Morgan fingerprint density at radius 3 is 2.75 bits per heavy atom. The Morgan fingerprint density at radius 1 is 1.15 bits per heavy atom. The van der Waals surface area contributed by atoms with Gasteiger partial charge < -0.3 is 19.5 Å². The van der Waals surface area contributed by atoms with E-state index in [9.17, 15) is 0 Å². The highest BCUT2D eigenvalue weighted by atomic mass is 79.9. The van der Waals surface area contributed by atoms with Gasteiger partial charge in [-0.15, -0.1) is 0 Å². The lowest BCUT2D eigenvalue weighted by Gasteiger charge is -2.12. The monoisotopic (exact) mass is 345 g/mol. The van der Waals surface area contributed by atoms with Crippen molar-refractivity contribution in [1.29, 1.82) is 0 Å². The van der Waals surface area contributed by atoms with Gasteiger partial charge in [0.15, 0.2) is 0 Å². The number of hydrogen-bond acceptors (Lipinski definition) is 4. The van der Waals surface area contributed by atoms with E-state index in [2.05, 4.69) is 34.2 Å². The molecule has 114 valence electrons. The number of ether oxygens (including phenoxy) is 3. The first-order chi connectivity index (χ1) is 9.77. The van der Waals surface area contributed by atoms with Crippen molar-refractivity contribution in [2.75, 3.05) is 40.1 Å². The fourth-order valence-corrected chi connectivity index (χ4v) is 2.08. The fraction of sp³-hybridized carbons (Fsp3) is 0.600. The Labute approximate surface area is 129 Å². The molecule has 0 aliphatic carbocycles. The van der Waals surface area contributed by atoms with Crippen LogP contribution >= 0.6 is 15.9 Å². The molecule has 5 heteroatoms. The van der Waals surface area contributed by atoms with Crippen LogP contribution in [0, 0.1) is 0 Å². The third-order valence-corrected chi connectivity index (χ3v) is 3.20. The summed E-state index contributed by atoms with van der Waals surface area (Å²) in [5.74, 6) is 0.936. The van der Waals surface area contributed by atoms with Crippen molar-refractivity contribution in [3.63, 3.8) is 0 Å². The lowest BCUT2D eigenvalue weighted by molar-refractivity contribution is 0.0644. The molecule has 1 aromatic rings. The molecule has 0 bridgehead atoms. The fourth-order valence-electron chi connectivity index (χ4n) is 1.67. The quantitative estimate of drug-likeness (QED) is 0.626. The van der Waals surface area contributed by atoms with Gasteiger partial charge in [0.2, 0.25) is 0 Å². The molecule has 0 aliphatic heterocycles. The number of methoxy groups -OCH3 is 1. The zero-order chi connectivity index (χ0) is 14.6. The molecule has 1 N–H and O–H groups in total. The van der Waals surface area contributed by atoms with Gasteiger partial charge in [0.05, 0.1) is 19.8 Å². The molecule has 4 nitrogen and oxygen atoms in total. The lowest BCUT2D eigenvalue weighted by atomic mass is 10.2. The highest BCUT2D eigenvalue weighted by molar-refractivity contribution is 9.10. The van der Waals surface area contributed by atoms with Gasteiger partial charge in [0.25, 0.3) is 0 Å². The van der Waals surface area contributed by atoms with E-state index in [1.54, 1.807) is 7.11 Å². The Kier molecular flexibility index (Phi) is 9.66. The number of nitrogens with one attached hydrogen (secondary N) is 1. The largest absolute Gasteiger partial charge is 0.493 e. The normalized spacial score (nSPS) is 10.8. The predicted molar refractivity (Wildman–Crippen MR) is 84.3 cm³/mol. The minimum atomic E-state index is 0.639. The van der Waals surface area contributed by atoms with E-state index < -0.39 is 0 Å². The van der Waals surface area contributed by atoms with Crippen LogP contribution in [0.25, 0.3) is 0 Å². The molecule has 20 heavy (non-hydrogen) atoms. The third-order valence-electron chi connectivity index (χ3n) is 2.71. The summed E-state index contributed by atoms with van der Waals surface area (Å²) in [5.41, 5.74) is 1.17. The second-order valence-electron chi connectivity index (χ2n) is 4.34. The maximum atomic E-state index is 5.82. The highest BCUT2D eigenvalue weighted by Gasteiger charge is 2.04. The minimum absolute atomic E-state index is 0.639. The van der Waals surface area contributed by atoms with Gasteiger partial charge in [-0.25, -0.2) is 0 Å². The van der Waals surface area contributed by atoms with Crippen LogP contribution in [0.15, 0.2) is 22.7 Å². The Balaban J connectivity index is 2.31. The van der Waals surface area contributed by atoms with Gasteiger partial charge in [0, 0.05) is 36.7 Å². The lowest BCUT2D eigenvalue weighted by Crippen LogP contribution is -2.13. The van der Waals surface area contributed by atoms with E-state index >= 15 is 0 Å². The molecule has 0 radical (unpaired) electrons. The summed E-state index contributed by atoms with van der Waals surface area (Å²) < 4.78 is 17.2. The molecule has 0 unspecified atom stereocenters. The summed E-state index contributed by atoms with van der Waals surface area (Å²) in [5, 5.41) is 3.32. The van der Waals surface area contributed by atoms with E-state index in [0.29, 0.717) is 26.4 Å². The molecular formula is C15H24BrNO3. The first-order valence-electron chi connectivity index (χ1n) is 6.96. The summed E-state index contributed by atoms with van der Waals surface area (Å²) in [6.07, 6.45) is 0.875. The average molecular weight is 346 g/mol. The molecule has 1 aromatic carbocycles. The minimum Gasteiger partial charge on any atom is -0.493 e. The van der Waals surface area contributed by atoms with Gasteiger partial charge >= 0.3 is 0 Å². The molecule has 0 saturated carbocycles. The van der Waals surface area contributed by atoms with Crippen LogP contribution in [0.4, 0.5) is 0 Å². The van der Waals surface area contributed by atoms with Crippen LogP contribution < -0.4 is 10.1 Å². The van der Waals surface area contributed by atoms with Gasteiger partial charge in [-0.05, 0) is 24.7 Å². The Bertz CT molecular complexity index is 374. The second kappa shape index (κ2) is 11.1. The van der Waals surface area contributed by atoms with E-state index in [-0.39, 0.29) is 0 Å². The molecule has 0 aromatic heterocycles. The van der Waals surface area contributed by atoms with Crippen LogP contribution in [-0.4, -0.2) is 40.1 Å². The molecule has 0 fully saturated rings. The molecular weight excluding hydrogens is 322 g/mol. The van der Waals surface area contributed by atoms with Crippen LogP contribution in [0.3, 0.4) is 0 Å². The van der Waals surface area contributed by atoms with Crippen LogP contribution in [0.2, 0.25) is 0 Å². The number of halogens is 1. The molecule has 0 atom stereocenters. The second-order valence-corrected chi connectivity index (χ2v) is 5.26. The van der Waals surface area contributed by atoms with E-state index in [1.807, 2.05) is 12.1 Å². The molecule has 1 rings (SSSR count). The zero-order valence-corrected chi connectivity index (χ0v) is 13.9. The van der Waals surface area contributed by atoms with Crippen molar-refractivity contribution in [2.24, 2.45) is 0 Å². The Hall–Kier alpha value is -0.620. The van der Waals surface area contributed by atoms with Crippen LogP contribution in [-0.2, 0) is 16.0 Å². The van der Waals surface area contributed by atoms with E-state index in [4.69, 9.17) is 14.2 Å². The average Bonchev–Trinajstić information content (AvgIpc) is 2.45. The van der Waals surface area contributed by atoms with Crippen molar-refractivity contribution in [3.05, 3.63) is 28.2 Å². The highest BCUT2D eigenvalue weighted by Crippen LogP contribution is 2.23. The standard InChI is InChI=1S/C15H24BrNO3/c1-3-17-12-13-11-14(16)5-6-15(13)20-8-4-7-19-10-9-18-2/h5-6,11,17H,3-4,7-10,12H2,1-2H3. The predicted octanol–water partition coefficient (Wildman–Crippen LogP) is 2.99. The topological polar surface area (TPSA) is 39.7 Å². The maximum Gasteiger partial charge on any atom is 0.123 e. The van der Waals surface area contributed by atoms with Crippen LogP contribution in [0.1, 0.15) is 18.9 Å². The van der Waals surface area contributed by atoms with Crippen molar-refractivity contribution in [2.45, 2.75) is 19.9 Å². The summed E-state index contributed by atoms with van der Waals surface area (Å²) in [7, 11) is 1.67. The number of hydrogen-bond donors (Lipinski definition) is 1. The van der Waals surface area contributed by atoms with Gasteiger partial charge in [-0.2, -0.15) is 0 Å². The summed E-state index contributed by atoms with van der Waals surface area (Å²) in [4.78, 5) is 0. The maximum absolute atomic E-state index is 5.82. The first-order valence-corrected chi connectivity index (χ1v) is 7.75. The Morgan fingerprint density at radius 2 is 2.00 bits per heavy atom. The molecule has 0 spiro atoms. The summed E-state index contributed by atoms with van der Waals surface area (Å²) in [6.45, 7) is 6.49. The van der Waals surface area contributed by atoms with E-state index in [0.717, 1.165) is 29.7 Å². The van der Waals surface area contributed by atoms with Crippen molar-refractivity contribution in [3.8, 4) is 5.75 Å². The zero-order valence-electron chi connectivity index (χ0n) is 12.3. The van der Waals surface area contributed by atoms with Crippen LogP contribution in [0.5, 0.6) is 5.75 Å². The van der Waals surface area contributed by atoms with Crippen molar-refractivity contribution in [1.82, 2.24) is 5.32 Å².